The maximum atomic E-state index is 6.60. The fourth-order valence-corrected chi connectivity index (χ4v) is 5.24. The van der Waals surface area contributed by atoms with Crippen molar-refractivity contribution >= 4 is 47.0 Å². The highest BCUT2D eigenvalue weighted by Crippen LogP contribution is 2.43. The summed E-state index contributed by atoms with van der Waals surface area (Å²) >= 11 is 0. The number of hydrogen-bond donors (Lipinski definition) is 2. The van der Waals surface area contributed by atoms with Gasteiger partial charge in [-0.3, -0.25) is 0 Å². The first-order valence-corrected chi connectivity index (χ1v) is 12.2. The van der Waals surface area contributed by atoms with Crippen LogP contribution in [-0.2, 0) is 15.7 Å². The highest BCUT2D eigenvalue weighted by molar-refractivity contribution is 6.80. The molecule has 0 aromatic heterocycles. The maximum absolute atomic E-state index is 6.60. The van der Waals surface area contributed by atoms with Gasteiger partial charge in [0.05, 0.1) is 11.2 Å². The second-order valence-electron chi connectivity index (χ2n) is 10.6. The van der Waals surface area contributed by atoms with Crippen molar-refractivity contribution in [3.63, 3.8) is 0 Å². The number of nitrogens with one attached hydrogen (secondary N) is 2. The highest BCUT2D eigenvalue weighted by atomic mass is 16.7. The summed E-state index contributed by atoms with van der Waals surface area (Å²) in [6, 6.07) is 28.1. The third-order valence-corrected chi connectivity index (χ3v) is 7.86. The summed E-state index contributed by atoms with van der Waals surface area (Å²) in [6.45, 7) is 8.45. The molecule has 2 heterocycles. The predicted octanol–water partition coefficient (Wildman–Crippen LogP) is 6.56. The summed E-state index contributed by atoms with van der Waals surface area (Å²) in [6.07, 6.45) is 0.824. The molecule has 4 nitrogen and oxygen atoms in total. The number of anilines is 2. The van der Waals surface area contributed by atoms with Crippen LogP contribution in [0.4, 0.5) is 11.4 Å². The fraction of sp³-hybridized carbons (Fsp3) is 0.286. The molecule has 1 unspecified atom stereocenters. The quantitative estimate of drug-likeness (QED) is 0.347. The van der Waals surface area contributed by atoms with E-state index in [1.54, 1.807) is 0 Å². The van der Waals surface area contributed by atoms with Gasteiger partial charge in [-0.15, -0.1) is 0 Å². The molecular weight excluding hydrogens is 418 g/mol. The Kier molecular flexibility index (Phi) is 4.94. The summed E-state index contributed by atoms with van der Waals surface area (Å²) < 4.78 is 13.2. The van der Waals surface area contributed by atoms with Gasteiger partial charge in [-0.25, -0.2) is 0 Å². The average Bonchev–Trinajstić information content (AvgIpc) is 3.04. The maximum Gasteiger partial charge on any atom is 0.457 e. The number of rotatable bonds is 4. The largest absolute Gasteiger partial charge is 0.457 e. The molecule has 6 heteroatoms. The van der Waals surface area contributed by atoms with Crippen molar-refractivity contribution in [2.45, 2.75) is 51.0 Å². The Morgan fingerprint density at radius 2 is 1.29 bits per heavy atom. The molecule has 34 heavy (non-hydrogen) atoms. The lowest BCUT2D eigenvalue weighted by Gasteiger charge is -2.33. The Labute approximate surface area is 202 Å². The molecule has 1 atom stereocenters. The molecular formula is C28H30B2N2O2. The van der Waals surface area contributed by atoms with Gasteiger partial charge in [0, 0.05) is 22.5 Å². The smallest absolute Gasteiger partial charge is 0.409 e. The van der Waals surface area contributed by atoms with Crippen LogP contribution in [-0.4, -0.2) is 25.3 Å². The lowest BCUT2D eigenvalue weighted by atomic mass is 9.44. The molecule has 1 fully saturated rings. The van der Waals surface area contributed by atoms with Crippen LogP contribution in [0.25, 0.3) is 21.5 Å². The van der Waals surface area contributed by atoms with Crippen molar-refractivity contribution in [2.24, 2.45) is 0 Å². The van der Waals surface area contributed by atoms with Crippen molar-refractivity contribution < 1.29 is 9.31 Å². The average molecular weight is 448 g/mol. The standard InChI is InChI=1S/C28H30B2N2O2/c1-27(2)28(3,4)34-30(33-27)25(18-19-15-16-20-9-5-6-10-22(20)17-19)29-31-23-13-7-11-21-12-8-14-24(32-29)26(21)23/h5-17,25,31-32H,18H2,1-4H3. The van der Waals surface area contributed by atoms with E-state index >= 15 is 0 Å². The molecule has 6 rings (SSSR count). The fourth-order valence-electron chi connectivity index (χ4n) is 5.24. The van der Waals surface area contributed by atoms with Crippen molar-refractivity contribution in [3.05, 3.63) is 84.4 Å². The molecule has 2 N–H and O–H groups in total. The van der Waals surface area contributed by atoms with Crippen LogP contribution in [0.2, 0.25) is 5.72 Å². The predicted molar refractivity (Wildman–Crippen MR) is 144 cm³/mol. The van der Waals surface area contributed by atoms with Crippen LogP contribution in [0.15, 0.2) is 78.9 Å². The first kappa shape index (κ1) is 21.6. The summed E-state index contributed by atoms with van der Waals surface area (Å²) in [5.74, 6) is 0. The summed E-state index contributed by atoms with van der Waals surface area (Å²) in [5, 5.41) is 12.5. The molecule has 0 saturated carbocycles. The van der Waals surface area contributed by atoms with Crippen LogP contribution < -0.4 is 10.5 Å². The lowest BCUT2D eigenvalue weighted by Crippen LogP contribution is -2.49. The minimum Gasteiger partial charge on any atom is -0.409 e. The van der Waals surface area contributed by atoms with Gasteiger partial charge in [-0.1, -0.05) is 66.7 Å². The Morgan fingerprint density at radius 1 is 0.706 bits per heavy atom. The third kappa shape index (κ3) is 3.57. The zero-order chi connectivity index (χ0) is 23.5. The number of hydrogen-bond acceptors (Lipinski definition) is 4. The molecule has 0 spiro atoms. The van der Waals surface area contributed by atoms with E-state index in [9.17, 15) is 0 Å². The van der Waals surface area contributed by atoms with E-state index in [-0.39, 0.29) is 31.0 Å². The zero-order valence-electron chi connectivity index (χ0n) is 20.3. The van der Waals surface area contributed by atoms with E-state index in [0.29, 0.717) is 0 Å². The summed E-state index contributed by atoms with van der Waals surface area (Å²) in [7, 11) is -0.342. The van der Waals surface area contributed by atoms with Crippen molar-refractivity contribution in [1.29, 1.82) is 0 Å². The van der Waals surface area contributed by atoms with Gasteiger partial charge in [-0.05, 0) is 68.0 Å². The van der Waals surface area contributed by atoms with Gasteiger partial charge < -0.3 is 19.8 Å². The molecule has 0 radical (unpaired) electrons. The molecule has 2 aliphatic heterocycles. The topological polar surface area (TPSA) is 42.5 Å². The van der Waals surface area contributed by atoms with Gasteiger partial charge in [0.15, 0.2) is 0 Å². The van der Waals surface area contributed by atoms with Crippen LogP contribution in [0.3, 0.4) is 0 Å². The normalized spacial score (nSPS) is 19.2. The molecule has 0 aliphatic carbocycles. The van der Waals surface area contributed by atoms with Crippen LogP contribution in [0.5, 0.6) is 0 Å². The molecule has 1 saturated heterocycles. The first-order valence-electron chi connectivity index (χ1n) is 12.2. The van der Waals surface area contributed by atoms with Gasteiger partial charge in [0.2, 0.25) is 0 Å². The molecule has 0 amide bonds. The highest BCUT2D eigenvalue weighted by Gasteiger charge is 2.56. The Bertz CT molecular complexity index is 1330. The van der Waals surface area contributed by atoms with Crippen molar-refractivity contribution in [1.82, 2.24) is 0 Å². The van der Waals surface area contributed by atoms with Crippen molar-refractivity contribution in [2.75, 3.05) is 10.5 Å². The van der Waals surface area contributed by atoms with Crippen molar-refractivity contribution in [3.8, 4) is 0 Å². The third-order valence-electron chi connectivity index (χ3n) is 7.86. The van der Waals surface area contributed by atoms with Gasteiger partial charge in [0.1, 0.15) is 0 Å². The second-order valence-corrected chi connectivity index (χ2v) is 10.6. The molecule has 4 aromatic rings. The summed E-state index contributed by atoms with van der Waals surface area (Å²) in [5.41, 5.74) is 2.86. The van der Waals surface area contributed by atoms with Crippen LogP contribution in [0, 0.1) is 0 Å². The van der Waals surface area contributed by atoms with Gasteiger partial charge in [0.25, 0.3) is 0 Å². The monoisotopic (exact) mass is 448 g/mol. The van der Waals surface area contributed by atoms with Gasteiger partial charge in [-0.2, -0.15) is 0 Å². The van der Waals surface area contributed by atoms with E-state index in [4.69, 9.17) is 9.31 Å². The van der Waals surface area contributed by atoms with E-state index in [0.717, 1.165) is 17.8 Å². The minimum atomic E-state index is -0.383. The molecule has 0 bridgehead atoms. The number of fused-ring (bicyclic) bond motifs is 1. The SMILES string of the molecule is CC1(C)OB(C(Cc2ccc3ccccc3c2)B2Nc3cccc4cccc(c34)N2)OC1(C)C. The zero-order valence-corrected chi connectivity index (χ0v) is 20.3. The van der Waals surface area contributed by atoms with Crippen LogP contribution >= 0.6 is 0 Å². The molecule has 2 aliphatic rings. The van der Waals surface area contributed by atoms with E-state index < -0.39 is 0 Å². The molecule has 4 aromatic carbocycles. The van der Waals surface area contributed by atoms with Crippen LogP contribution in [0.1, 0.15) is 33.3 Å². The van der Waals surface area contributed by atoms with E-state index in [1.807, 2.05) is 0 Å². The van der Waals surface area contributed by atoms with E-state index in [2.05, 4.69) is 117 Å². The van der Waals surface area contributed by atoms with E-state index in [1.165, 1.54) is 27.1 Å². The number of benzene rings is 4. The minimum absolute atomic E-state index is 0.0401. The second kappa shape index (κ2) is 7.79. The Morgan fingerprint density at radius 3 is 1.94 bits per heavy atom. The molecule has 170 valence electrons. The van der Waals surface area contributed by atoms with Gasteiger partial charge >= 0.3 is 14.1 Å². The lowest BCUT2D eigenvalue weighted by molar-refractivity contribution is 0.00578. The summed E-state index contributed by atoms with van der Waals surface area (Å²) in [4.78, 5) is 0. The Balaban J connectivity index is 1.38. The first-order chi connectivity index (χ1) is 16.3. The Hall–Kier alpha value is -2.95.